The van der Waals surface area contributed by atoms with Crippen LogP contribution in [-0.2, 0) is 0 Å². The normalized spacial score (nSPS) is 32.0. The Morgan fingerprint density at radius 2 is 1.86 bits per heavy atom. The molecular formula is C11H17N3. The van der Waals surface area contributed by atoms with Crippen LogP contribution in [0.5, 0.6) is 0 Å². The number of hydrogen-bond acceptors (Lipinski definition) is 3. The van der Waals surface area contributed by atoms with Gasteiger partial charge in [-0.1, -0.05) is 30.3 Å². The zero-order chi connectivity index (χ0) is 9.97. The maximum Gasteiger partial charge on any atom is 0.0786 e. The molecule has 1 aliphatic rings. The fraction of sp³-hybridized carbons (Fsp3) is 0.455. The Morgan fingerprint density at radius 1 is 1.14 bits per heavy atom. The molecule has 1 heterocycles. The molecule has 0 radical (unpaired) electrons. The van der Waals surface area contributed by atoms with Crippen molar-refractivity contribution in [3.05, 3.63) is 35.9 Å². The topological polar surface area (TPSA) is 36.1 Å². The molecule has 76 valence electrons. The van der Waals surface area contributed by atoms with Crippen LogP contribution in [0.2, 0.25) is 0 Å². The second-order valence-electron chi connectivity index (χ2n) is 3.78. The molecule has 0 amide bonds. The molecule has 0 spiro atoms. The zero-order valence-electron chi connectivity index (χ0n) is 8.62. The Balaban J connectivity index is 2.23. The highest BCUT2D eigenvalue weighted by Crippen LogP contribution is 2.25. The van der Waals surface area contributed by atoms with E-state index in [4.69, 9.17) is 0 Å². The molecule has 0 saturated carbocycles. The predicted octanol–water partition coefficient (Wildman–Crippen LogP) is 0.812. The van der Waals surface area contributed by atoms with Crippen LogP contribution in [0.1, 0.15) is 18.4 Å². The molecule has 1 saturated heterocycles. The van der Waals surface area contributed by atoms with Gasteiger partial charge in [0, 0.05) is 12.0 Å². The summed E-state index contributed by atoms with van der Waals surface area (Å²) in [5, 5.41) is 3.27. The highest BCUT2D eigenvalue weighted by molar-refractivity contribution is 5.24. The zero-order valence-corrected chi connectivity index (χ0v) is 8.62. The molecule has 3 unspecified atom stereocenters. The average Bonchev–Trinajstić information content (AvgIpc) is 2.61. The third kappa shape index (κ3) is 1.66. The maximum absolute atomic E-state index is 3.27. The second kappa shape index (κ2) is 4.09. The van der Waals surface area contributed by atoms with Gasteiger partial charge in [0.1, 0.15) is 0 Å². The highest BCUT2D eigenvalue weighted by Gasteiger charge is 2.32. The molecule has 1 aromatic carbocycles. The average molecular weight is 191 g/mol. The van der Waals surface area contributed by atoms with Crippen molar-refractivity contribution in [2.45, 2.75) is 25.0 Å². The first-order valence-corrected chi connectivity index (χ1v) is 5.06. The molecule has 3 heteroatoms. The van der Waals surface area contributed by atoms with Crippen LogP contribution in [0.15, 0.2) is 30.3 Å². The van der Waals surface area contributed by atoms with Crippen LogP contribution in [0, 0.1) is 0 Å². The quantitative estimate of drug-likeness (QED) is 0.647. The van der Waals surface area contributed by atoms with Gasteiger partial charge in [-0.05, 0) is 19.5 Å². The molecule has 14 heavy (non-hydrogen) atoms. The summed E-state index contributed by atoms with van der Waals surface area (Å²) in [5.41, 5.74) is 7.87. The van der Waals surface area contributed by atoms with Crippen molar-refractivity contribution in [3.8, 4) is 0 Å². The van der Waals surface area contributed by atoms with Gasteiger partial charge >= 0.3 is 0 Å². The van der Waals surface area contributed by atoms with Gasteiger partial charge in [-0.2, -0.15) is 0 Å². The Labute approximate surface area is 84.9 Å². The van der Waals surface area contributed by atoms with Gasteiger partial charge in [0.2, 0.25) is 0 Å². The van der Waals surface area contributed by atoms with Crippen LogP contribution in [0.25, 0.3) is 0 Å². The Kier molecular flexibility index (Phi) is 2.82. The summed E-state index contributed by atoms with van der Waals surface area (Å²) in [6, 6.07) is 11.0. The van der Waals surface area contributed by atoms with Crippen LogP contribution >= 0.6 is 0 Å². The molecule has 3 N–H and O–H groups in total. The molecule has 1 fully saturated rings. The van der Waals surface area contributed by atoms with Crippen molar-refractivity contribution in [1.29, 1.82) is 0 Å². The van der Waals surface area contributed by atoms with Crippen molar-refractivity contribution in [2.24, 2.45) is 0 Å². The lowest BCUT2D eigenvalue weighted by molar-refractivity contribution is 0.465. The number of hydrazine groups is 1. The molecule has 0 bridgehead atoms. The molecule has 3 nitrogen and oxygen atoms in total. The standard InChI is InChI=1S/C11H17N3/c1-8-10(11(12-2)14-13-8)9-6-4-3-5-7-9/h3-8,10-14H,1-2H3. The summed E-state index contributed by atoms with van der Waals surface area (Å²) in [4.78, 5) is 0. The van der Waals surface area contributed by atoms with E-state index >= 15 is 0 Å². The van der Waals surface area contributed by atoms with Crippen LogP contribution in [-0.4, -0.2) is 19.3 Å². The van der Waals surface area contributed by atoms with E-state index in [-0.39, 0.29) is 0 Å². The van der Waals surface area contributed by atoms with Crippen molar-refractivity contribution in [3.63, 3.8) is 0 Å². The SMILES string of the molecule is CNC1NNC(C)C1c1ccccc1. The first-order chi connectivity index (χ1) is 6.83. The van der Waals surface area contributed by atoms with E-state index in [0.717, 1.165) is 0 Å². The van der Waals surface area contributed by atoms with Gasteiger partial charge in [0.05, 0.1) is 6.17 Å². The molecule has 1 aromatic rings. The van der Waals surface area contributed by atoms with Crippen molar-refractivity contribution in [2.75, 3.05) is 7.05 Å². The van der Waals surface area contributed by atoms with Gasteiger partial charge in [-0.15, -0.1) is 0 Å². The predicted molar refractivity (Wildman–Crippen MR) is 57.8 cm³/mol. The van der Waals surface area contributed by atoms with Crippen LogP contribution < -0.4 is 16.2 Å². The maximum atomic E-state index is 3.27. The Bertz CT molecular complexity index is 286. The number of hydrogen-bond donors (Lipinski definition) is 3. The fourth-order valence-electron chi connectivity index (χ4n) is 2.10. The summed E-state index contributed by atoms with van der Waals surface area (Å²) in [5.74, 6) is 0.487. The van der Waals surface area contributed by atoms with Gasteiger partial charge < -0.3 is 5.32 Å². The first kappa shape index (κ1) is 9.65. The molecular weight excluding hydrogens is 174 g/mol. The van der Waals surface area contributed by atoms with E-state index in [1.165, 1.54) is 5.56 Å². The lowest BCUT2D eigenvalue weighted by Gasteiger charge is -2.20. The molecule has 1 aliphatic heterocycles. The summed E-state index contributed by atoms with van der Waals surface area (Å²) in [6.07, 6.45) is 0.312. The molecule has 2 rings (SSSR count). The van der Waals surface area contributed by atoms with Gasteiger partial charge in [-0.3, -0.25) is 5.43 Å². The minimum Gasteiger partial charge on any atom is -0.303 e. The summed E-state index contributed by atoms with van der Waals surface area (Å²) in [7, 11) is 1.98. The minimum atomic E-state index is 0.312. The first-order valence-electron chi connectivity index (χ1n) is 5.06. The monoisotopic (exact) mass is 191 g/mol. The Hall–Kier alpha value is -0.900. The summed E-state index contributed by atoms with van der Waals surface area (Å²) >= 11 is 0. The van der Waals surface area contributed by atoms with E-state index in [1.54, 1.807) is 0 Å². The third-order valence-corrected chi connectivity index (χ3v) is 2.86. The Morgan fingerprint density at radius 3 is 2.50 bits per heavy atom. The number of benzene rings is 1. The van der Waals surface area contributed by atoms with Gasteiger partial charge in [0.25, 0.3) is 0 Å². The van der Waals surface area contributed by atoms with E-state index in [0.29, 0.717) is 18.1 Å². The van der Waals surface area contributed by atoms with Crippen molar-refractivity contribution in [1.82, 2.24) is 16.2 Å². The molecule has 0 aliphatic carbocycles. The third-order valence-electron chi connectivity index (χ3n) is 2.86. The fourth-order valence-corrected chi connectivity index (χ4v) is 2.10. The van der Waals surface area contributed by atoms with Crippen molar-refractivity contribution < 1.29 is 0 Å². The minimum absolute atomic E-state index is 0.312. The number of likely N-dealkylation sites (N-methyl/N-ethyl adjacent to an activating group) is 1. The van der Waals surface area contributed by atoms with Crippen LogP contribution in [0.4, 0.5) is 0 Å². The van der Waals surface area contributed by atoms with Gasteiger partial charge in [-0.25, -0.2) is 5.43 Å². The largest absolute Gasteiger partial charge is 0.303 e. The van der Waals surface area contributed by atoms with E-state index < -0.39 is 0 Å². The number of rotatable bonds is 2. The highest BCUT2D eigenvalue weighted by atomic mass is 15.5. The lowest BCUT2D eigenvalue weighted by Crippen LogP contribution is -2.41. The summed E-state index contributed by atoms with van der Waals surface area (Å²) < 4.78 is 0. The van der Waals surface area contributed by atoms with Crippen molar-refractivity contribution >= 4 is 0 Å². The lowest BCUT2D eigenvalue weighted by atomic mass is 9.92. The van der Waals surface area contributed by atoms with E-state index in [1.807, 2.05) is 7.05 Å². The second-order valence-corrected chi connectivity index (χ2v) is 3.78. The van der Waals surface area contributed by atoms with Crippen LogP contribution in [0.3, 0.4) is 0 Å². The smallest absolute Gasteiger partial charge is 0.0786 e. The van der Waals surface area contributed by atoms with E-state index in [2.05, 4.69) is 53.4 Å². The van der Waals surface area contributed by atoms with Gasteiger partial charge in [0.15, 0.2) is 0 Å². The summed E-state index contributed by atoms with van der Waals surface area (Å²) in [6.45, 7) is 2.20. The molecule has 0 aromatic heterocycles. The van der Waals surface area contributed by atoms with E-state index in [9.17, 15) is 0 Å². The number of nitrogens with one attached hydrogen (secondary N) is 3. The molecule has 3 atom stereocenters.